The Bertz CT molecular complexity index is 637. The first-order valence-corrected chi connectivity index (χ1v) is 8.34. The summed E-state index contributed by atoms with van der Waals surface area (Å²) in [6.07, 6.45) is 10.6. The van der Waals surface area contributed by atoms with E-state index in [0.717, 1.165) is 30.2 Å². The van der Waals surface area contributed by atoms with Crippen molar-refractivity contribution in [2.45, 2.75) is 25.7 Å². The molecule has 0 aliphatic carbocycles. The van der Waals surface area contributed by atoms with Crippen LogP contribution in [0.15, 0.2) is 48.1 Å². The molecule has 1 fully saturated rings. The minimum Gasteiger partial charge on any atom is -0.377 e. The van der Waals surface area contributed by atoms with Gasteiger partial charge in [0.15, 0.2) is 5.84 Å². The molecule has 0 radical (unpaired) electrons. The van der Waals surface area contributed by atoms with Crippen molar-refractivity contribution >= 4 is 11.5 Å². The second kappa shape index (κ2) is 7.31. The highest BCUT2D eigenvalue weighted by Crippen LogP contribution is 2.21. The van der Waals surface area contributed by atoms with E-state index in [1.165, 1.54) is 25.7 Å². The van der Waals surface area contributed by atoms with Gasteiger partial charge in [-0.3, -0.25) is 9.58 Å². The van der Waals surface area contributed by atoms with Crippen LogP contribution in [0.4, 0.5) is 5.69 Å². The number of hydrogen-bond donors (Lipinski definition) is 0. The van der Waals surface area contributed by atoms with Crippen LogP contribution < -0.4 is 4.90 Å². The predicted molar refractivity (Wildman–Crippen MR) is 95.0 cm³/mol. The summed E-state index contributed by atoms with van der Waals surface area (Å²) >= 11 is 0. The van der Waals surface area contributed by atoms with Crippen molar-refractivity contribution in [2.24, 2.45) is 5.10 Å². The van der Waals surface area contributed by atoms with Crippen LogP contribution in [0.5, 0.6) is 0 Å². The van der Waals surface area contributed by atoms with Crippen molar-refractivity contribution in [3.05, 3.63) is 48.5 Å². The van der Waals surface area contributed by atoms with Crippen molar-refractivity contribution in [1.82, 2.24) is 14.6 Å². The van der Waals surface area contributed by atoms with Crippen molar-refractivity contribution in [3.63, 3.8) is 0 Å². The standard InChI is InChI=1S/C18H25N5/c1-21(2)17-10-6-5-9-16(17)18(22-14-11-19-15-22)20-23-12-7-3-4-8-13-23/h5-6,9-11,14-15H,3-4,7-8,12-13H2,1-2H3. The monoisotopic (exact) mass is 311 g/mol. The Morgan fingerprint density at radius 3 is 2.48 bits per heavy atom. The van der Waals surface area contributed by atoms with Crippen LogP contribution >= 0.6 is 0 Å². The van der Waals surface area contributed by atoms with E-state index in [2.05, 4.69) is 53.3 Å². The second-order valence-electron chi connectivity index (χ2n) is 6.17. The van der Waals surface area contributed by atoms with Gasteiger partial charge in [0.05, 0.1) is 0 Å². The Hall–Kier alpha value is -2.30. The number of nitrogens with zero attached hydrogens (tertiary/aromatic N) is 5. The third-order valence-electron chi connectivity index (χ3n) is 4.19. The summed E-state index contributed by atoms with van der Waals surface area (Å²) in [7, 11) is 4.13. The first-order valence-electron chi connectivity index (χ1n) is 8.34. The molecule has 2 aromatic rings. The zero-order chi connectivity index (χ0) is 16.1. The molecule has 5 heteroatoms. The molecule has 0 amide bonds. The van der Waals surface area contributed by atoms with E-state index in [1.54, 1.807) is 6.20 Å². The number of hydrazone groups is 1. The number of anilines is 1. The van der Waals surface area contributed by atoms with Gasteiger partial charge >= 0.3 is 0 Å². The summed E-state index contributed by atoms with van der Waals surface area (Å²) in [6.45, 7) is 2.06. The van der Waals surface area contributed by atoms with Gasteiger partial charge in [0.2, 0.25) is 0 Å². The summed E-state index contributed by atoms with van der Waals surface area (Å²) in [6, 6.07) is 8.39. The summed E-state index contributed by atoms with van der Waals surface area (Å²) in [4.78, 5) is 6.33. The van der Waals surface area contributed by atoms with Gasteiger partial charge in [0, 0.05) is 50.8 Å². The van der Waals surface area contributed by atoms with Gasteiger partial charge in [-0.1, -0.05) is 25.0 Å². The van der Waals surface area contributed by atoms with Crippen LogP contribution in [0.25, 0.3) is 0 Å². The Balaban J connectivity index is 2.03. The molecule has 0 unspecified atom stereocenters. The van der Waals surface area contributed by atoms with Crippen LogP contribution in [-0.2, 0) is 0 Å². The molecule has 0 saturated carbocycles. The molecule has 0 N–H and O–H groups in total. The van der Waals surface area contributed by atoms with E-state index in [1.807, 2.05) is 17.1 Å². The lowest BCUT2D eigenvalue weighted by molar-refractivity contribution is 0.300. The maximum atomic E-state index is 5.00. The maximum absolute atomic E-state index is 5.00. The van der Waals surface area contributed by atoms with Gasteiger partial charge in [-0.25, -0.2) is 4.98 Å². The lowest BCUT2D eigenvalue weighted by Gasteiger charge is -2.22. The summed E-state index contributed by atoms with van der Waals surface area (Å²) in [5.41, 5.74) is 2.29. The van der Waals surface area contributed by atoms with Crippen molar-refractivity contribution in [3.8, 4) is 0 Å². The second-order valence-corrected chi connectivity index (χ2v) is 6.17. The molecule has 0 spiro atoms. The third-order valence-corrected chi connectivity index (χ3v) is 4.19. The molecule has 23 heavy (non-hydrogen) atoms. The number of aromatic nitrogens is 2. The van der Waals surface area contributed by atoms with Crippen molar-refractivity contribution in [2.75, 3.05) is 32.1 Å². The number of rotatable bonds is 3. The fraction of sp³-hybridized carbons (Fsp3) is 0.444. The predicted octanol–water partition coefficient (Wildman–Crippen LogP) is 3.04. The molecule has 3 rings (SSSR count). The fourth-order valence-corrected chi connectivity index (χ4v) is 2.97. The molecule has 1 aliphatic rings. The van der Waals surface area contributed by atoms with Crippen LogP contribution in [0, 0.1) is 0 Å². The Morgan fingerprint density at radius 2 is 1.83 bits per heavy atom. The summed E-state index contributed by atoms with van der Waals surface area (Å²) in [5, 5.41) is 7.21. The minimum absolute atomic E-state index is 0.939. The highest BCUT2D eigenvalue weighted by molar-refractivity contribution is 6.04. The number of imidazole rings is 1. The topological polar surface area (TPSA) is 36.7 Å². The summed E-state index contributed by atoms with van der Waals surface area (Å²) < 4.78 is 2.01. The zero-order valence-corrected chi connectivity index (χ0v) is 14.0. The van der Waals surface area contributed by atoms with E-state index >= 15 is 0 Å². The molecule has 0 atom stereocenters. The molecule has 2 heterocycles. The highest BCUT2D eigenvalue weighted by Gasteiger charge is 2.15. The van der Waals surface area contributed by atoms with Gasteiger partial charge in [-0.05, 0) is 25.0 Å². The lowest BCUT2D eigenvalue weighted by Crippen LogP contribution is -2.25. The smallest absolute Gasteiger partial charge is 0.167 e. The number of benzene rings is 1. The number of hydrogen-bond acceptors (Lipinski definition) is 4. The first kappa shape index (κ1) is 15.6. The first-order chi connectivity index (χ1) is 11.3. The quantitative estimate of drug-likeness (QED) is 0.646. The zero-order valence-electron chi connectivity index (χ0n) is 14.0. The van der Waals surface area contributed by atoms with Gasteiger partial charge in [-0.15, -0.1) is 0 Å². The molecule has 1 aromatic carbocycles. The average molecular weight is 311 g/mol. The maximum Gasteiger partial charge on any atom is 0.167 e. The molecule has 0 bridgehead atoms. The van der Waals surface area contributed by atoms with E-state index in [0.29, 0.717) is 0 Å². The Morgan fingerprint density at radius 1 is 1.09 bits per heavy atom. The van der Waals surface area contributed by atoms with Crippen LogP contribution in [0.2, 0.25) is 0 Å². The highest BCUT2D eigenvalue weighted by atomic mass is 15.5. The molecule has 1 saturated heterocycles. The largest absolute Gasteiger partial charge is 0.377 e. The fourth-order valence-electron chi connectivity index (χ4n) is 2.97. The van der Waals surface area contributed by atoms with Crippen molar-refractivity contribution in [1.29, 1.82) is 0 Å². The van der Waals surface area contributed by atoms with Gasteiger partial charge in [-0.2, -0.15) is 5.10 Å². The third kappa shape index (κ3) is 3.73. The van der Waals surface area contributed by atoms with E-state index in [4.69, 9.17) is 5.10 Å². The molecular formula is C18H25N5. The van der Waals surface area contributed by atoms with E-state index < -0.39 is 0 Å². The van der Waals surface area contributed by atoms with Gasteiger partial charge in [0.25, 0.3) is 0 Å². The molecular weight excluding hydrogens is 286 g/mol. The van der Waals surface area contributed by atoms with E-state index in [-0.39, 0.29) is 0 Å². The van der Waals surface area contributed by atoms with E-state index in [9.17, 15) is 0 Å². The molecule has 122 valence electrons. The van der Waals surface area contributed by atoms with Crippen LogP contribution in [0.1, 0.15) is 31.2 Å². The lowest BCUT2D eigenvalue weighted by atomic mass is 10.1. The van der Waals surface area contributed by atoms with Crippen molar-refractivity contribution < 1.29 is 0 Å². The SMILES string of the molecule is CN(C)c1ccccc1C(=NN1CCCCCC1)n1ccnc1. The minimum atomic E-state index is 0.939. The summed E-state index contributed by atoms with van der Waals surface area (Å²) in [5.74, 6) is 0.939. The van der Waals surface area contributed by atoms with Crippen LogP contribution in [-0.4, -0.2) is 47.6 Å². The Kier molecular flexibility index (Phi) is 4.95. The normalized spacial score (nSPS) is 16.3. The molecule has 1 aliphatic heterocycles. The molecule has 1 aromatic heterocycles. The average Bonchev–Trinajstić information content (AvgIpc) is 2.97. The molecule has 5 nitrogen and oxygen atoms in total. The Labute approximate surface area is 138 Å². The van der Waals surface area contributed by atoms with Gasteiger partial charge in [0.1, 0.15) is 6.33 Å². The van der Waals surface area contributed by atoms with Crippen LogP contribution in [0.3, 0.4) is 0 Å². The van der Waals surface area contributed by atoms with Gasteiger partial charge < -0.3 is 4.90 Å². The number of para-hydroxylation sites is 1.